The second kappa shape index (κ2) is 8.99. The first-order valence-corrected chi connectivity index (χ1v) is 10.1. The second-order valence-electron chi connectivity index (χ2n) is 6.42. The quantitative estimate of drug-likeness (QED) is 0.698. The molecule has 0 radical (unpaired) electrons. The van der Waals surface area contributed by atoms with Gasteiger partial charge in [0.25, 0.3) is 0 Å². The number of carbonyl (C=O) groups is 1. The Morgan fingerprint density at radius 1 is 1.15 bits per heavy atom. The Labute approximate surface area is 159 Å². The molecule has 0 atom stereocenters. The predicted octanol–water partition coefficient (Wildman–Crippen LogP) is 4.93. The van der Waals surface area contributed by atoms with Crippen LogP contribution in [-0.4, -0.2) is 37.4 Å². The zero-order valence-electron chi connectivity index (χ0n) is 15.3. The van der Waals surface area contributed by atoms with Crippen LogP contribution >= 0.6 is 11.8 Å². The van der Waals surface area contributed by atoms with E-state index in [4.69, 9.17) is 9.47 Å². The molecule has 2 aromatic carbocycles. The predicted molar refractivity (Wildman–Crippen MR) is 105 cm³/mol. The van der Waals surface area contributed by atoms with E-state index in [0.717, 1.165) is 42.1 Å². The first kappa shape index (κ1) is 18.6. The first-order chi connectivity index (χ1) is 12.7. The molecule has 138 valence electrons. The summed E-state index contributed by atoms with van der Waals surface area (Å²) in [4.78, 5) is 15.2. The van der Waals surface area contributed by atoms with Crippen LogP contribution in [0.5, 0.6) is 5.75 Å². The maximum atomic E-state index is 12.3. The Morgan fingerprint density at radius 2 is 1.88 bits per heavy atom. The molecule has 0 aromatic heterocycles. The number of hydrogen-bond donors (Lipinski definition) is 0. The minimum absolute atomic E-state index is 0.220. The van der Waals surface area contributed by atoms with Crippen LogP contribution in [0.25, 0.3) is 0 Å². The maximum absolute atomic E-state index is 12.3. The Balaban J connectivity index is 1.53. The monoisotopic (exact) mass is 371 g/mol. The Hall–Kier alpha value is -2.14. The molecule has 2 aromatic rings. The highest BCUT2D eigenvalue weighted by Crippen LogP contribution is 2.34. The molecule has 5 heteroatoms. The highest BCUT2D eigenvalue weighted by molar-refractivity contribution is 7.98. The number of hydrogen-bond acceptors (Lipinski definition) is 4. The number of rotatable bonds is 5. The van der Waals surface area contributed by atoms with Crippen LogP contribution in [0.1, 0.15) is 29.9 Å². The Kier molecular flexibility index (Phi) is 6.45. The van der Waals surface area contributed by atoms with E-state index in [1.807, 2.05) is 35.2 Å². The van der Waals surface area contributed by atoms with Crippen LogP contribution in [0.15, 0.2) is 53.4 Å². The topological polar surface area (TPSA) is 38.8 Å². The molecule has 0 bridgehead atoms. The summed E-state index contributed by atoms with van der Waals surface area (Å²) < 4.78 is 10.9. The number of amides is 1. The molecule has 0 unspecified atom stereocenters. The average Bonchev–Trinajstić information content (AvgIpc) is 2.72. The van der Waals surface area contributed by atoms with Crippen molar-refractivity contribution in [3.63, 3.8) is 0 Å². The summed E-state index contributed by atoms with van der Waals surface area (Å²) in [6.07, 6.45) is 3.73. The molecule has 1 heterocycles. The van der Waals surface area contributed by atoms with Crippen LogP contribution in [0, 0.1) is 0 Å². The van der Waals surface area contributed by atoms with Gasteiger partial charge >= 0.3 is 6.09 Å². The highest BCUT2D eigenvalue weighted by Gasteiger charge is 2.25. The van der Waals surface area contributed by atoms with Crippen molar-refractivity contribution in [2.45, 2.75) is 30.3 Å². The molecule has 0 spiro atoms. The second-order valence-corrected chi connectivity index (χ2v) is 7.26. The lowest BCUT2D eigenvalue weighted by atomic mass is 9.89. The molecule has 0 saturated carbocycles. The molecule has 1 fully saturated rings. The third kappa shape index (κ3) is 4.52. The number of methoxy groups -OCH3 is 1. The molecule has 0 N–H and O–H groups in total. The smallest absolute Gasteiger partial charge is 0.410 e. The molecule has 4 nitrogen and oxygen atoms in total. The molecule has 26 heavy (non-hydrogen) atoms. The van der Waals surface area contributed by atoms with Crippen molar-refractivity contribution >= 4 is 17.9 Å². The zero-order valence-corrected chi connectivity index (χ0v) is 16.1. The van der Waals surface area contributed by atoms with E-state index < -0.39 is 0 Å². The summed E-state index contributed by atoms with van der Waals surface area (Å²) in [5, 5.41) is 0. The van der Waals surface area contributed by atoms with Crippen molar-refractivity contribution in [3.8, 4) is 5.75 Å². The number of piperidine rings is 1. The highest BCUT2D eigenvalue weighted by atomic mass is 32.2. The van der Waals surface area contributed by atoms with Crippen molar-refractivity contribution in [1.29, 1.82) is 0 Å². The van der Waals surface area contributed by atoms with Gasteiger partial charge in [0, 0.05) is 18.0 Å². The van der Waals surface area contributed by atoms with E-state index in [9.17, 15) is 4.79 Å². The van der Waals surface area contributed by atoms with Gasteiger partial charge in [-0.05, 0) is 48.3 Å². The molecule has 1 aliphatic rings. The fourth-order valence-corrected chi connectivity index (χ4v) is 3.86. The van der Waals surface area contributed by atoms with Crippen LogP contribution in [0.3, 0.4) is 0 Å². The summed E-state index contributed by atoms with van der Waals surface area (Å²) in [6.45, 7) is 1.78. The third-order valence-corrected chi connectivity index (χ3v) is 5.61. The van der Waals surface area contributed by atoms with Gasteiger partial charge in [0.2, 0.25) is 0 Å². The van der Waals surface area contributed by atoms with Crippen molar-refractivity contribution < 1.29 is 14.3 Å². The fourth-order valence-electron chi connectivity index (χ4n) is 3.31. The number of likely N-dealkylation sites (tertiary alicyclic amines) is 1. The SMILES string of the molecule is COc1cc(C2CCN(C(=O)OCc3ccccc3)CC2)ccc1SC. The van der Waals surface area contributed by atoms with Crippen LogP contribution in [0.2, 0.25) is 0 Å². The van der Waals surface area contributed by atoms with E-state index in [0.29, 0.717) is 12.5 Å². The number of ether oxygens (including phenoxy) is 2. The van der Waals surface area contributed by atoms with Crippen LogP contribution in [-0.2, 0) is 11.3 Å². The van der Waals surface area contributed by atoms with Gasteiger partial charge in [0.1, 0.15) is 12.4 Å². The molecular weight excluding hydrogens is 346 g/mol. The molecular formula is C21H25NO3S. The summed E-state index contributed by atoms with van der Waals surface area (Å²) >= 11 is 1.69. The minimum Gasteiger partial charge on any atom is -0.496 e. The number of nitrogens with zero attached hydrogens (tertiary/aromatic N) is 1. The third-order valence-electron chi connectivity index (χ3n) is 4.84. The molecule has 1 aliphatic heterocycles. The molecule has 3 rings (SSSR count). The van der Waals surface area contributed by atoms with Crippen molar-refractivity contribution in [1.82, 2.24) is 4.90 Å². The standard InChI is InChI=1S/C21H25NO3S/c1-24-19-14-18(8-9-20(19)26-2)17-10-12-22(13-11-17)21(23)25-15-16-6-4-3-5-7-16/h3-9,14,17H,10-13,15H2,1-2H3. The summed E-state index contributed by atoms with van der Waals surface area (Å²) in [5.41, 5.74) is 2.30. The van der Waals surface area contributed by atoms with Gasteiger partial charge in [-0.3, -0.25) is 0 Å². The van der Waals surface area contributed by atoms with Gasteiger partial charge < -0.3 is 14.4 Å². The van der Waals surface area contributed by atoms with E-state index in [1.165, 1.54) is 5.56 Å². The number of thioether (sulfide) groups is 1. The molecule has 1 saturated heterocycles. The van der Waals surface area contributed by atoms with Gasteiger partial charge in [-0.15, -0.1) is 11.8 Å². The maximum Gasteiger partial charge on any atom is 0.410 e. The normalized spacial score (nSPS) is 14.9. The summed E-state index contributed by atoms with van der Waals surface area (Å²) in [7, 11) is 1.71. The van der Waals surface area contributed by atoms with E-state index in [2.05, 4.69) is 24.5 Å². The Bertz CT molecular complexity index is 727. The van der Waals surface area contributed by atoms with Crippen molar-refractivity contribution in [2.75, 3.05) is 26.5 Å². The van der Waals surface area contributed by atoms with E-state index in [-0.39, 0.29) is 6.09 Å². The summed E-state index contributed by atoms with van der Waals surface area (Å²) in [6, 6.07) is 16.2. The van der Waals surface area contributed by atoms with E-state index >= 15 is 0 Å². The van der Waals surface area contributed by atoms with Crippen LogP contribution < -0.4 is 4.74 Å². The van der Waals surface area contributed by atoms with Gasteiger partial charge in [0.05, 0.1) is 7.11 Å². The van der Waals surface area contributed by atoms with Crippen molar-refractivity contribution in [3.05, 3.63) is 59.7 Å². The van der Waals surface area contributed by atoms with Gasteiger partial charge in [-0.2, -0.15) is 0 Å². The fraction of sp³-hybridized carbons (Fsp3) is 0.381. The van der Waals surface area contributed by atoms with E-state index in [1.54, 1.807) is 18.9 Å². The van der Waals surface area contributed by atoms with Crippen LogP contribution in [0.4, 0.5) is 4.79 Å². The number of carbonyl (C=O) groups excluding carboxylic acids is 1. The van der Waals surface area contributed by atoms with Gasteiger partial charge in [-0.25, -0.2) is 4.79 Å². The lowest BCUT2D eigenvalue weighted by molar-refractivity contribution is 0.0870. The first-order valence-electron chi connectivity index (χ1n) is 8.89. The number of benzene rings is 2. The molecule has 0 aliphatic carbocycles. The minimum atomic E-state index is -0.220. The molecule has 1 amide bonds. The lowest BCUT2D eigenvalue weighted by Crippen LogP contribution is -2.38. The largest absolute Gasteiger partial charge is 0.496 e. The summed E-state index contributed by atoms with van der Waals surface area (Å²) in [5.74, 6) is 1.39. The van der Waals surface area contributed by atoms with Gasteiger partial charge in [0.15, 0.2) is 0 Å². The Morgan fingerprint density at radius 3 is 2.54 bits per heavy atom. The lowest BCUT2D eigenvalue weighted by Gasteiger charge is -2.31. The van der Waals surface area contributed by atoms with Crippen molar-refractivity contribution in [2.24, 2.45) is 0 Å². The average molecular weight is 372 g/mol. The van der Waals surface area contributed by atoms with Gasteiger partial charge in [-0.1, -0.05) is 36.4 Å². The zero-order chi connectivity index (χ0) is 18.4.